The molecule has 0 aliphatic heterocycles. The number of terminal acetylenes is 1. The van der Waals surface area contributed by atoms with Crippen LogP contribution in [0.25, 0.3) is 0 Å². The highest BCUT2D eigenvalue weighted by molar-refractivity contribution is 5.80. The molecular formula is C7H11NO2. The summed E-state index contributed by atoms with van der Waals surface area (Å²) in [5.41, 5.74) is 0. The number of aliphatic hydroxyl groups is 1. The number of carbonyl (C=O) groups is 1. The van der Waals surface area contributed by atoms with Crippen molar-refractivity contribution in [3.8, 4) is 12.3 Å². The van der Waals surface area contributed by atoms with E-state index in [9.17, 15) is 4.79 Å². The minimum atomic E-state index is -0.990. The Balaban J connectivity index is 3.71. The molecule has 0 rings (SSSR count). The molecule has 2 N–H and O–H groups in total. The molecule has 0 saturated heterocycles. The maximum atomic E-state index is 10.7. The predicted molar refractivity (Wildman–Crippen MR) is 38.1 cm³/mol. The van der Waals surface area contributed by atoms with Crippen LogP contribution in [-0.2, 0) is 4.79 Å². The molecule has 0 bridgehead atoms. The van der Waals surface area contributed by atoms with Gasteiger partial charge in [0, 0.05) is 0 Å². The van der Waals surface area contributed by atoms with Crippen molar-refractivity contribution in [1.29, 1.82) is 0 Å². The van der Waals surface area contributed by atoms with Gasteiger partial charge in [0.2, 0.25) is 5.91 Å². The van der Waals surface area contributed by atoms with Gasteiger partial charge < -0.3 is 10.4 Å². The van der Waals surface area contributed by atoms with E-state index < -0.39 is 12.0 Å². The van der Waals surface area contributed by atoms with Crippen LogP contribution in [0.5, 0.6) is 0 Å². The molecule has 0 heterocycles. The highest BCUT2D eigenvalue weighted by Crippen LogP contribution is 1.82. The molecule has 0 aromatic carbocycles. The number of carbonyl (C=O) groups excluding carboxylic acids is 1. The third-order valence-electron chi connectivity index (χ3n) is 0.988. The van der Waals surface area contributed by atoms with Crippen LogP contribution >= 0.6 is 0 Å². The number of hydrogen-bond donors (Lipinski definition) is 2. The van der Waals surface area contributed by atoms with Gasteiger partial charge in [-0.2, -0.15) is 0 Å². The van der Waals surface area contributed by atoms with Crippen molar-refractivity contribution in [1.82, 2.24) is 5.32 Å². The number of rotatable bonds is 2. The molecule has 0 saturated carbocycles. The van der Waals surface area contributed by atoms with Gasteiger partial charge in [-0.15, -0.1) is 6.42 Å². The van der Waals surface area contributed by atoms with E-state index >= 15 is 0 Å². The Hall–Kier alpha value is -1.01. The summed E-state index contributed by atoms with van der Waals surface area (Å²) in [6, 6.07) is -0.318. The van der Waals surface area contributed by atoms with Gasteiger partial charge in [-0.25, -0.2) is 0 Å². The minimum absolute atomic E-state index is 0.318. The predicted octanol–water partition coefficient (Wildman–Crippen LogP) is -0.495. The molecule has 0 aromatic heterocycles. The Morgan fingerprint density at radius 3 is 2.50 bits per heavy atom. The van der Waals surface area contributed by atoms with Crippen molar-refractivity contribution in [2.45, 2.75) is 26.0 Å². The number of aliphatic hydroxyl groups excluding tert-OH is 1. The van der Waals surface area contributed by atoms with Crippen molar-refractivity contribution in [2.24, 2.45) is 0 Å². The first kappa shape index (κ1) is 8.99. The van der Waals surface area contributed by atoms with E-state index in [-0.39, 0.29) is 6.04 Å². The van der Waals surface area contributed by atoms with Crippen LogP contribution in [0.4, 0.5) is 0 Å². The topological polar surface area (TPSA) is 49.3 Å². The summed E-state index contributed by atoms with van der Waals surface area (Å²) in [5, 5.41) is 11.1. The fourth-order valence-corrected chi connectivity index (χ4v) is 0.376. The molecular weight excluding hydrogens is 130 g/mol. The Bertz CT molecular complexity index is 157. The van der Waals surface area contributed by atoms with Gasteiger partial charge in [0.1, 0.15) is 6.10 Å². The van der Waals surface area contributed by atoms with Gasteiger partial charge in [0.05, 0.1) is 6.04 Å². The highest BCUT2D eigenvalue weighted by Gasteiger charge is 2.09. The fraction of sp³-hybridized carbons (Fsp3) is 0.571. The van der Waals surface area contributed by atoms with Gasteiger partial charge >= 0.3 is 0 Å². The Morgan fingerprint density at radius 2 is 2.20 bits per heavy atom. The number of nitrogens with one attached hydrogen (secondary N) is 1. The van der Waals surface area contributed by atoms with E-state index in [0.717, 1.165) is 0 Å². The molecule has 2 atom stereocenters. The summed E-state index contributed by atoms with van der Waals surface area (Å²) in [5.74, 6) is 1.87. The largest absolute Gasteiger partial charge is 0.384 e. The van der Waals surface area contributed by atoms with Crippen LogP contribution in [0.1, 0.15) is 13.8 Å². The lowest BCUT2D eigenvalue weighted by molar-refractivity contribution is -0.128. The van der Waals surface area contributed by atoms with Crippen LogP contribution in [-0.4, -0.2) is 23.2 Å². The molecule has 3 nitrogen and oxygen atoms in total. The zero-order chi connectivity index (χ0) is 8.15. The molecule has 0 fully saturated rings. The first-order chi connectivity index (χ1) is 4.57. The van der Waals surface area contributed by atoms with Crippen LogP contribution < -0.4 is 5.32 Å². The smallest absolute Gasteiger partial charge is 0.249 e. The van der Waals surface area contributed by atoms with Crippen molar-refractivity contribution in [3.05, 3.63) is 0 Å². The molecule has 56 valence electrons. The minimum Gasteiger partial charge on any atom is -0.384 e. The third kappa shape index (κ3) is 3.10. The third-order valence-corrected chi connectivity index (χ3v) is 0.988. The zero-order valence-corrected chi connectivity index (χ0v) is 6.09. The molecule has 1 amide bonds. The first-order valence-electron chi connectivity index (χ1n) is 3.02. The number of amides is 1. The van der Waals surface area contributed by atoms with Gasteiger partial charge in [0.25, 0.3) is 0 Å². The summed E-state index contributed by atoms with van der Waals surface area (Å²) < 4.78 is 0. The standard InChI is InChI=1S/C7H11NO2/c1-4-5(2)8-7(10)6(3)9/h1,5-6,9H,2-3H3,(H,8,10). The van der Waals surface area contributed by atoms with Crippen molar-refractivity contribution < 1.29 is 9.90 Å². The summed E-state index contributed by atoms with van der Waals surface area (Å²) >= 11 is 0. The van der Waals surface area contributed by atoms with E-state index in [0.29, 0.717) is 0 Å². The Labute approximate surface area is 60.4 Å². The molecule has 0 spiro atoms. The second-order valence-electron chi connectivity index (χ2n) is 2.07. The van der Waals surface area contributed by atoms with Crippen molar-refractivity contribution in [2.75, 3.05) is 0 Å². The molecule has 10 heavy (non-hydrogen) atoms. The molecule has 0 aliphatic carbocycles. The monoisotopic (exact) mass is 141 g/mol. The normalized spacial score (nSPS) is 15.0. The Kier molecular flexibility index (Phi) is 3.52. The van der Waals surface area contributed by atoms with E-state index in [1.807, 2.05) is 0 Å². The van der Waals surface area contributed by atoms with E-state index in [2.05, 4.69) is 11.2 Å². The zero-order valence-electron chi connectivity index (χ0n) is 6.09. The van der Waals surface area contributed by atoms with Gasteiger partial charge in [-0.3, -0.25) is 4.79 Å². The SMILES string of the molecule is C#CC(C)NC(=O)C(C)O. The molecule has 0 aromatic rings. The van der Waals surface area contributed by atoms with Gasteiger partial charge in [0.15, 0.2) is 0 Å². The summed E-state index contributed by atoms with van der Waals surface area (Å²) in [4.78, 5) is 10.7. The summed E-state index contributed by atoms with van der Waals surface area (Å²) in [6.45, 7) is 3.05. The highest BCUT2D eigenvalue weighted by atomic mass is 16.3. The first-order valence-corrected chi connectivity index (χ1v) is 3.02. The van der Waals surface area contributed by atoms with E-state index in [1.54, 1.807) is 6.92 Å². The average Bonchev–Trinajstić information content (AvgIpc) is 1.87. The Morgan fingerprint density at radius 1 is 1.70 bits per heavy atom. The van der Waals surface area contributed by atoms with Gasteiger partial charge in [-0.05, 0) is 13.8 Å². The lowest BCUT2D eigenvalue weighted by atomic mass is 10.3. The van der Waals surface area contributed by atoms with Crippen molar-refractivity contribution >= 4 is 5.91 Å². The lowest BCUT2D eigenvalue weighted by Crippen LogP contribution is -2.37. The molecule has 2 unspecified atom stereocenters. The fourth-order valence-electron chi connectivity index (χ4n) is 0.376. The lowest BCUT2D eigenvalue weighted by Gasteiger charge is -2.08. The van der Waals surface area contributed by atoms with Gasteiger partial charge in [-0.1, -0.05) is 5.92 Å². The quantitative estimate of drug-likeness (QED) is 0.509. The second kappa shape index (κ2) is 3.91. The molecule has 3 heteroatoms. The second-order valence-corrected chi connectivity index (χ2v) is 2.07. The summed E-state index contributed by atoms with van der Waals surface area (Å²) in [6.07, 6.45) is 3.98. The average molecular weight is 141 g/mol. The van der Waals surface area contributed by atoms with E-state index in [1.165, 1.54) is 6.92 Å². The molecule has 0 aliphatic rings. The van der Waals surface area contributed by atoms with Crippen LogP contribution in [0, 0.1) is 12.3 Å². The van der Waals surface area contributed by atoms with Crippen molar-refractivity contribution in [3.63, 3.8) is 0 Å². The van der Waals surface area contributed by atoms with Crippen LogP contribution in [0.15, 0.2) is 0 Å². The van der Waals surface area contributed by atoms with Crippen LogP contribution in [0.2, 0.25) is 0 Å². The maximum Gasteiger partial charge on any atom is 0.249 e. The number of hydrogen-bond acceptors (Lipinski definition) is 2. The van der Waals surface area contributed by atoms with E-state index in [4.69, 9.17) is 11.5 Å². The molecule has 0 radical (unpaired) electrons. The van der Waals surface area contributed by atoms with Crippen LogP contribution in [0.3, 0.4) is 0 Å². The maximum absolute atomic E-state index is 10.7. The summed E-state index contributed by atoms with van der Waals surface area (Å²) in [7, 11) is 0.